The molecule has 19 heavy (non-hydrogen) atoms. The van der Waals surface area contributed by atoms with Gasteiger partial charge in [-0.25, -0.2) is 0 Å². The molecule has 0 bridgehead atoms. The smallest absolute Gasteiger partial charge is 0.233 e. The Kier molecular flexibility index (Phi) is 4.95. The van der Waals surface area contributed by atoms with Crippen LogP contribution in [0.25, 0.3) is 0 Å². The number of nitrogens with one attached hydrogen (secondary N) is 1. The number of ether oxygens (including phenoxy) is 1. The maximum absolute atomic E-state index is 11.3. The number of carbonyl (C=O) groups excluding carboxylic acids is 1. The Labute approximate surface area is 115 Å². The molecule has 0 spiro atoms. The predicted octanol–water partition coefficient (Wildman–Crippen LogP) is 1.66. The molecule has 3 N–H and O–H groups in total. The number of carbonyl (C=O) groups is 1. The molecule has 4 heteroatoms. The molecule has 0 aliphatic carbocycles. The average Bonchev–Trinajstić information content (AvgIpc) is 2.34. The molecule has 0 heterocycles. The van der Waals surface area contributed by atoms with Gasteiger partial charge < -0.3 is 15.8 Å². The third-order valence-electron chi connectivity index (χ3n) is 3.25. The second kappa shape index (κ2) is 6.06. The molecule has 0 fully saturated rings. The fourth-order valence-electron chi connectivity index (χ4n) is 2.44. The maximum Gasteiger partial charge on any atom is 0.233 e. The molecule has 1 aromatic rings. The lowest BCUT2D eigenvalue weighted by Crippen LogP contribution is -2.40. The van der Waals surface area contributed by atoms with Crippen molar-refractivity contribution < 1.29 is 9.53 Å². The minimum Gasteiger partial charge on any atom is -0.496 e. The van der Waals surface area contributed by atoms with E-state index in [1.54, 1.807) is 7.11 Å². The standard InChI is InChI=1S/C15H24N2O2/c1-10-6-11(2)14(12(7-10)19-5)15(3,4)9-17-13(18)8-16/h6-7H,8-9,16H2,1-5H3,(H,17,18). The van der Waals surface area contributed by atoms with E-state index < -0.39 is 0 Å². The molecule has 0 saturated heterocycles. The molecule has 0 unspecified atom stereocenters. The van der Waals surface area contributed by atoms with E-state index in [1.807, 2.05) is 13.0 Å². The molecule has 0 radical (unpaired) electrons. The van der Waals surface area contributed by atoms with Crippen molar-refractivity contribution >= 4 is 5.91 Å². The first-order valence-corrected chi connectivity index (χ1v) is 6.44. The van der Waals surface area contributed by atoms with E-state index in [-0.39, 0.29) is 17.9 Å². The van der Waals surface area contributed by atoms with E-state index >= 15 is 0 Å². The molecule has 0 aliphatic heterocycles. The van der Waals surface area contributed by atoms with Gasteiger partial charge in [-0.15, -0.1) is 0 Å². The van der Waals surface area contributed by atoms with Gasteiger partial charge in [0.05, 0.1) is 13.7 Å². The summed E-state index contributed by atoms with van der Waals surface area (Å²) in [6, 6.07) is 4.15. The summed E-state index contributed by atoms with van der Waals surface area (Å²) in [5.41, 5.74) is 8.55. The molecule has 106 valence electrons. The van der Waals surface area contributed by atoms with Gasteiger partial charge in [-0.3, -0.25) is 4.79 Å². The van der Waals surface area contributed by atoms with Crippen LogP contribution in [0.1, 0.15) is 30.5 Å². The predicted molar refractivity (Wildman–Crippen MR) is 77.6 cm³/mol. The zero-order valence-electron chi connectivity index (χ0n) is 12.5. The topological polar surface area (TPSA) is 64.3 Å². The number of rotatable bonds is 5. The van der Waals surface area contributed by atoms with Gasteiger partial charge in [0, 0.05) is 17.5 Å². The van der Waals surface area contributed by atoms with Gasteiger partial charge >= 0.3 is 0 Å². The highest BCUT2D eigenvalue weighted by molar-refractivity contribution is 5.77. The van der Waals surface area contributed by atoms with Crippen molar-refractivity contribution in [2.24, 2.45) is 5.73 Å². The number of methoxy groups -OCH3 is 1. The van der Waals surface area contributed by atoms with Gasteiger partial charge in [-0.05, 0) is 31.0 Å². The van der Waals surface area contributed by atoms with Crippen molar-refractivity contribution in [2.75, 3.05) is 20.2 Å². The zero-order valence-corrected chi connectivity index (χ0v) is 12.5. The lowest BCUT2D eigenvalue weighted by Gasteiger charge is -2.29. The van der Waals surface area contributed by atoms with Crippen LogP contribution in [0.15, 0.2) is 12.1 Å². The zero-order chi connectivity index (χ0) is 14.6. The van der Waals surface area contributed by atoms with E-state index in [0.29, 0.717) is 6.54 Å². The monoisotopic (exact) mass is 264 g/mol. The Morgan fingerprint density at radius 1 is 1.37 bits per heavy atom. The van der Waals surface area contributed by atoms with Gasteiger partial charge in [0.25, 0.3) is 0 Å². The minimum atomic E-state index is -0.214. The minimum absolute atomic E-state index is 0.0140. The lowest BCUT2D eigenvalue weighted by molar-refractivity contribution is -0.119. The van der Waals surface area contributed by atoms with Crippen LogP contribution in [0.5, 0.6) is 5.75 Å². The first-order valence-electron chi connectivity index (χ1n) is 6.44. The van der Waals surface area contributed by atoms with Crippen molar-refractivity contribution in [2.45, 2.75) is 33.1 Å². The summed E-state index contributed by atoms with van der Waals surface area (Å²) in [6.07, 6.45) is 0. The van der Waals surface area contributed by atoms with Crippen LogP contribution in [0.2, 0.25) is 0 Å². The van der Waals surface area contributed by atoms with Gasteiger partial charge in [-0.2, -0.15) is 0 Å². The van der Waals surface area contributed by atoms with E-state index in [9.17, 15) is 4.79 Å². The summed E-state index contributed by atoms with van der Waals surface area (Å²) in [5.74, 6) is 0.723. The van der Waals surface area contributed by atoms with Gasteiger partial charge in [0.1, 0.15) is 5.75 Å². The van der Waals surface area contributed by atoms with Crippen molar-refractivity contribution in [3.8, 4) is 5.75 Å². The summed E-state index contributed by atoms with van der Waals surface area (Å²) in [6.45, 7) is 8.83. The van der Waals surface area contributed by atoms with Crippen LogP contribution in [0, 0.1) is 13.8 Å². The normalized spacial score (nSPS) is 11.3. The fraction of sp³-hybridized carbons (Fsp3) is 0.533. The first-order chi connectivity index (χ1) is 8.81. The van der Waals surface area contributed by atoms with Gasteiger partial charge in [0.15, 0.2) is 0 Å². The molecule has 1 aromatic carbocycles. The van der Waals surface area contributed by atoms with Crippen LogP contribution >= 0.6 is 0 Å². The lowest BCUT2D eigenvalue weighted by atomic mass is 9.80. The van der Waals surface area contributed by atoms with E-state index in [0.717, 1.165) is 11.3 Å². The Morgan fingerprint density at radius 2 is 2.00 bits per heavy atom. The van der Waals surface area contributed by atoms with E-state index in [4.69, 9.17) is 10.5 Å². The molecule has 0 aromatic heterocycles. The van der Waals surface area contributed by atoms with Crippen molar-refractivity contribution in [1.29, 1.82) is 0 Å². The van der Waals surface area contributed by atoms with Crippen LogP contribution in [0.4, 0.5) is 0 Å². The third-order valence-corrected chi connectivity index (χ3v) is 3.25. The average molecular weight is 264 g/mol. The number of benzene rings is 1. The molecule has 0 atom stereocenters. The SMILES string of the molecule is COc1cc(C)cc(C)c1C(C)(C)CNC(=O)CN. The number of amides is 1. The molecule has 1 amide bonds. The Balaban J connectivity index is 3.09. The van der Waals surface area contributed by atoms with E-state index in [1.165, 1.54) is 11.1 Å². The Hall–Kier alpha value is -1.55. The highest BCUT2D eigenvalue weighted by atomic mass is 16.5. The Morgan fingerprint density at radius 3 is 2.53 bits per heavy atom. The van der Waals surface area contributed by atoms with Crippen molar-refractivity contribution in [3.05, 3.63) is 28.8 Å². The quantitative estimate of drug-likeness (QED) is 0.850. The molecule has 0 aliphatic rings. The van der Waals surface area contributed by atoms with Crippen molar-refractivity contribution in [1.82, 2.24) is 5.32 Å². The third kappa shape index (κ3) is 3.70. The van der Waals surface area contributed by atoms with Crippen LogP contribution < -0.4 is 15.8 Å². The number of nitrogens with two attached hydrogens (primary N) is 1. The highest BCUT2D eigenvalue weighted by Gasteiger charge is 2.27. The molecular weight excluding hydrogens is 240 g/mol. The number of aryl methyl sites for hydroxylation is 2. The summed E-state index contributed by atoms with van der Waals surface area (Å²) in [5, 5.41) is 2.84. The van der Waals surface area contributed by atoms with Crippen molar-refractivity contribution in [3.63, 3.8) is 0 Å². The Bertz CT molecular complexity index is 467. The second-order valence-corrected chi connectivity index (χ2v) is 5.52. The maximum atomic E-state index is 11.3. The van der Waals surface area contributed by atoms with Crippen LogP contribution in [0.3, 0.4) is 0 Å². The molecule has 4 nitrogen and oxygen atoms in total. The molecular formula is C15H24N2O2. The number of hydrogen-bond acceptors (Lipinski definition) is 3. The van der Waals surface area contributed by atoms with Crippen LogP contribution in [-0.4, -0.2) is 26.1 Å². The summed E-state index contributed by atoms with van der Waals surface area (Å²) >= 11 is 0. The highest BCUT2D eigenvalue weighted by Crippen LogP contribution is 2.35. The second-order valence-electron chi connectivity index (χ2n) is 5.52. The molecule has 1 rings (SSSR count). The van der Waals surface area contributed by atoms with Gasteiger partial charge in [0.2, 0.25) is 5.91 Å². The van der Waals surface area contributed by atoms with E-state index in [2.05, 4.69) is 32.2 Å². The number of hydrogen-bond donors (Lipinski definition) is 2. The summed E-state index contributed by atoms with van der Waals surface area (Å²) < 4.78 is 5.49. The molecule has 0 saturated carbocycles. The fourth-order valence-corrected chi connectivity index (χ4v) is 2.44. The first kappa shape index (κ1) is 15.5. The van der Waals surface area contributed by atoms with Crippen LogP contribution in [-0.2, 0) is 10.2 Å². The van der Waals surface area contributed by atoms with Gasteiger partial charge in [-0.1, -0.05) is 19.9 Å². The largest absolute Gasteiger partial charge is 0.496 e. The summed E-state index contributed by atoms with van der Waals surface area (Å²) in [4.78, 5) is 11.3. The summed E-state index contributed by atoms with van der Waals surface area (Å²) in [7, 11) is 1.67.